The van der Waals surface area contributed by atoms with E-state index in [0.29, 0.717) is 12.5 Å². The van der Waals surface area contributed by atoms with Crippen molar-refractivity contribution in [1.82, 2.24) is 4.90 Å². The highest BCUT2D eigenvalue weighted by Gasteiger charge is 2.31. The van der Waals surface area contributed by atoms with Gasteiger partial charge in [-0.15, -0.1) is 0 Å². The largest absolute Gasteiger partial charge is 0.497 e. The van der Waals surface area contributed by atoms with E-state index in [4.69, 9.17) is 14.2 Å². The first-order valence-electron chi connectivity index (χ1n) is 13.1. The van der Waals surface area contributed by atoms with Crippen molar-refractivity contribution in [2.24, 2.45) is 0 Å². The zero-order valence-corrected chi connectivity index (χ0v) is 21.7. The number of rotatable bonds is 6. The number of aryl methyl sites for hydroxylation is 1. The number of hydrogen-bond acceptors (Lipinski definition) is 7. The van der Waals surface area contributed by atoms with E-state index in [0.717, 1.165) is 93.0 Å². The van der Waals surface area contributed by atoms with Crippen LogP contribution in [0.3, 0.4) is 0 Å². The van der Waals surface area contributed by atoms with Gasteiger partial charge in [0.25, 0.3) is 5.91 Å². The SMILES string of the molecule is COc1cc2c(c(N3CCN(C(C)C)CC3)c1)OC(C(=O)Nc1ccc(N3CCOCC3)cc1)CC2. The molecule has 2 saturated heterocycles. The molecule has 0 spiro atoms. The number of morpholine rings is 1. The maximum absolute atomic E-state index is 13.2. The van der Waals surface area contributed by atoms with Gasteiger partial charge in [-0.1, -0.05) is 0 Å². The smallest absolute Gasteiger partial charge is 0.265 e. The van der Waals surface area contributed by atoms with Crippen molar-refractivity contribution in [2.75, 3.05) is 74.7 Å². The molecule has 0 radical (unpaired) electrons. The van der Waals surface area contributed by atoms with E-state index in [2.05, 4.69) is 52.1 Å². The van der Waals surface area contributed by atoms with E-state index in [1.807, 2.05) is 18.2 Å². The molecule has 0 bridgehead atoms. The lowest BCUT2D eigenvalue weighted by molar-refractivity contribution is -0.123. The Bertz CT molecular complexity index is 1040. The monoisotopic (exact) mass is 494 g/mol. The molecule has 0 aromatic heterocycles. The molecule has 194 valence electrons. The summed E-state index contributed by atoms with van der Waals surface area (Å²) in [5, 5.41) is 3.06. The summed E-state index contributed by atoms with van der Waals surface area (Å²) >= 11 is 0. The molecular weight excluding hydrogens is 456 g/mol. The van der Waals surface area contributed by atoms with Crippen LogP contribution in [0.4, 0.5) is 17.1 Å². The summed E-state index contributed by atoms with van der Waals surface area (Å²) in [4.78, 5) is 20.3. The highest BCUT2D eigenvalue weighted by atomic mass is 16.5. The number of piperazine rings is 1. The molecule has 2 aromatic rings. The Morgan fingerprint density at radius 2 is 1.72 bits per heavy atom. The number of anilines is 3. The van der Waals surface area contributed by atoms with E-state index in [1.165, 1.54) is 0 Å². The second kappa shape index (κ2) is 11.0. The molecule has 1 unspecified atom stereocenters. The van der Waals surface area contributed by atoms with Gasteiger partial charge in [0.1, 0.15) is 11.5 Å². The zero-order chi connectivity index (χ0) is 25.1. The molecule has 3 aliphatic rings. The van der Waals surface area contributed by atoms with Gasteiger partial charge in [-0.2, -0.15) is 0 Å². The Labute approximate surface area is 214 Å². The van der Waals surface area contributed by atoms with Gasteiger partial charge in [0.2, 0.25) is 0 Å². The fraction of sp³-hybridized carbons (Fsp3) is 0.536. The van der Waals surface area contributed by atoms with Gasteiger partial charge in [-0.05, 0) is 57.0 Å². The molecule has 2 fully saturated rings. The van der Waals surface area contributed by atoms with Crippen LogP contribution in [0.15, 0.2) is 36.4 Å². The summed E-state index contributed by atoms with van der Waals surface area (Å²) in [6, 6.07) is 12.7. The molecule has 8 nitrogen and oxygen atoms in total. The molecular formula is C28H38N4O4. The van der Waals surface area contributed by atoms with E-state index in [-0.39, 0.29) is 5.91 Å². The lowest BCUT2D eigenvalue weighted by Gasteiger charge is -2.39. The van der Waals surface area contributed by atoms with Crippen LogP contribution in [0.1, 0.15) is 25.8 Å². The summed E-state index contributed by atoms with van der Waals surface area (Å²) in [7, 11) is 1.70. The third kappa shape index (κ3) is 5.39. The predicted octanol–water partition coefficient (Wildman–Crippen LogP) is 3.39. The second-order valence-electron chi connectivity index (χ2n) is 10.0. The van der Waals surface area contributed by atoms with Gasteiger partial charge in [-0.3, -0.25) is 9.69 Å². The van der Waals surface area contributed by atoms with Crippen LogP contribution < -0.4 is 24.6 Å². The normalized spacial score (nSPS) is 20.6. The quantitative estimate of drug-likeness (QED) is 0.660. The predicted molar refractivity (Wildman–Crippen MR) is 143 cm³/mol. The molecule has 2 aromatic carbocycles. The van der Waals surface area contributed by atoms with Gasteiger partial charge in [0, 0.05) is 68.3 Å². The highest BCUT2D eigenvalue weighted by Crippen LogP contribution is 2.41. The van der Waals surface area contributed by atoms with E-state index in [1.54, 1.807) is 7.11 Å². The minimum atomic E-state index is -0.527. The maximum Gasteiger partial charge on any atom is 0.265 e. The first-order chi connectivity index (χ1) is 17.5. The molecule has 0 aliphatic carbocycles. The number of carbonyl (C=O) groups is 1. The van der Waals surface area contributed by atoms with Crippen molar-refractivity contribution in [1.29, 1.82) is 0 Å². The van der Waals surface area contributed by atoms with Crippen LogP contribution in [0.2, 0.25) is 0 Å². The average Bonchev–Trinajstić information content (AvgIpc) is 2.93. The number of methoxy groups -OCH3 is 1. The first kappa shape index (κ1) is 24.7. The summed E-state index contributed by atoms with van der Waals surface area (Å²) in [5.41, 5.74) is 4.07. The second-order valence-corrected chi connectivity index (χ2v) is 10.0. The molecule has 36 heavy (non-hydrogen) atoms. The number of amides is 1. The average molecular weight is 495 g/mol. The lowest BCUT2D eigenvalue weighted by atomic mass is 9.99. The highest BCUT2D eigenvalue weighted by molar-refractivity contribution is 5.95. The number of hydrogen-bond donors (Lipinski definition) is 1. The summed E-state index contributed by atoms with van der Waals surface area (Å²) in [5.74, 6) is 1.55. The van der Waals surface area contributed by atoms with Gasteiger partial charge in [0.15, 0.2) is 6.10 Å². The van der Waals surface area contributed by atoms with Crippen molar-refractivity contribution in [2.45, 2.75) is 38.8 Å². The fourth-order valence-electron chi connectivity index (χ4n) is 5.27. The Morgan fingerprint density at radius 3 is 2.39 bits per heavy atom. The van der Waals surface area contributed by atoms with Crippen LogP contribution in [0.25, 0.3) is 0 Å². The van der Waals surface area contributed by atoms with Crippen molar-refractivity contribution in [3.63, 3.8) is 0 Å². The molecule has 1 N–H and O–H groups in total. The molecule has 3 heterocycles. The molecule has 3 aliphatic heterocycles. The Morgan fingerprint density at radius 1 is 1.00 bits per heavy atom. The molecule has 0 saturated carbocycles. The Balaban J connectivity index is 1.27. The summed E-state index contributed by atoms with van der Waals surface area (Å²) in [6.45, 7) is 11.6. The minimum Gasteiger partial charge on any atom is -0.497 e. The molecule has 1 atom stereocenters. The maximum atomic E-state index is 13.2. The summed E-state index contributed by atoms with van der Waals surface area (Å²) in [6.07, 6.45) is 0.887. The van der Waals surface area contributed by atoms with Gasteiger partial charge in [0.05, 0.1) is 26.0 Å². The van der Waals surface area contributed by atoms with E-state index < -0.39 is 6.10 Å². The standard InChI is InChI=1S/C28H38N4O4/c1-20(2)30-10-12-32(13-11-30)25-19-24(34-3)18-21-4-9-26(36-27(21)25)28(33)29-22-5-7-23(8-6-22)31-14-16-35-17-15-31/h5-8,18-20,26H,4,9-17H2,1-3H3,(H,29,33). The van der Waals surface area contributed by atoms with E-state index in [9.17, 15) is 4.79 Å². The number of fused-ring (bicyclic) bond motifs is 1. The topological polar surface area (TPSA) is 66.5 Å². The van der Waals surface area contributed by atoms with Crippen LogP contribution in [-0.4, -0.2) is 82.5 Å². The fourth-order valence-corrected chi connectivity index (χ4v) is 5.27. The van der Waals surface area contributed by atoms with Crippen molar-refractivity contribution in [3.05, 3.63) is 42.0 Å². The van der Waals surface area contributed by atoms with Gasteiger partial charge < -0.3 is 29.3 Å². The van der Waals surface area contributed by atoms with Crippen LogP contribution >= 0.6 is 0 Å². The summed E-state index contributed by atoms with van der Waals surface area (Å²) < 4.78 is 17.4. The molecule has 1 amide bonds. The Kier molecular flexibility index (Phi) is 7.53. The zero-order valence-electron chi connectivity index (χ0n) is 21.7. The van der Waals surface area contributed by atoms with Crippen molar-refractivity contribution in [3.8, 4) is 11.5 Å². The van der Waals surface area contributed by atoms with Crippen molar-refractivity contribution >= 4 is 23.0 Å². The third-order valence-corrected chi connectivity index (χ3v) is 7.48. The van der Waals surface area contributed by atoms with Crippen molar-refractivity contribution < 1.29 is 19.0 Å². The number of nitrogens with zero attached hydrogens (tertiary/aromatic N) is 3. The Hall–Kier alpha value is -2.97. The third-order valence-electron chi connectivity index (χ3n) is 7.48. The molecule has 8 heteroatoms. The number of carbonyl (C=O) groups excluding carboxylic acids is 1. The number of ether oxygens (including phenoxy) is 3. The first-order valence-corrected chi connectivity index (χ1v) is 13.1. The minimum absolute atomic E-state index is 0.105. The van der Waals surface area contributed by atoms with Gasteiger partial charge in [-0.25, -0.2) is 0 Å². The lowest BCUT2D eigenvalue weighted by Crippen LogP contribution is -2.49. The van der Waals surface area contributed by atoms with Crippen LogP contribution in [0, 0.1) is 0 Å². The number of benzene rings is 2. The van der Waals surface area contributed by atoms with Crippen LogP contribution in [0.5, 0.6) is 11.5 Å². The molecule has 5 rings (SSSR count). The van der Waals surface area contributed by atoms with Gasteiger partial charge >= 0.3 is 0 Å². The van der Waals surface area contributed by atoms with E-state index >= 15 is 0 Å². The van der Waals surface area contributed by atoms with Crippen LogP contribution in [-0.2, 0) is 16.0 Å². The number of nitrogens with one attached hydrogen (secondary N) is 1.